The number of fused-ring (bicyclic) bond motifs is 1. The number of hydrogen-bond donors (Lipinski definition) is 1. The molecule has 6 nitrogen and oxygen atoms in total. The molecule has 4 aromatic rings. The largest absolute Gasteiger partial charge is 0.573 e. The minimum atomic E-state index is -4.92. The van der Waals surface area contributed by atoms with Crippen molar-refractivity contribution in [2.24, 2.45) is 0 Å². The summed E-state index contributed by atoms with van der Waals surface area (Å²) in [7, 11) is 1.56. The molecule has 0 aliphatic rings. The van der Waals surface area contributed by atoms with Gasteiger partial charge in [-0.15, -0.1) is 13.2 Å². The van der Waals surface area contributed by atoms with Gasteiger partial charge in [0.25, 0.3) is 5.56 Å². The zero-order valence-electron chi connectivity index (χ0n) is 17.8. The van der Waals surface area contributed by atoms with E-state index in [2.05, 4.69) is 15.0 Å². The smallest absolute Gasteiger partial charge is 0.497 e. The second kappa shape index (κ2) is 8.85. The number of aromatic nitrogens is 2. The van der Waals surface area contributed by atoms with Crippen molar-refractivity contribution in [3.63, 3.8) is 0 Å². The molecule has 0 atom stereocenters. The Morgan fingerprint density at radius 3 is 2.45 bits per heavy atom. The Morgan fingerprint density at radius 2 is 1.76 bits per heavy atom. The Balaban J connectivity index is 1.85. The Kier molecular flexibility index (Phi) is 5.95. The van der Waals surface area contributed by atoms with Gasteiger partial charge in [-0.3, -0.25) is 4.79 Å². The van der Waals surface area contributed by atoms with Crippen LogP contribution < -0.4 is 20.3 Å². The lowest BCUT2D eigenvalue weighted by molar-refractivity contribution is -0.274. The molecule has 3 aromatic carbocycles. The van der Waals surface area contributed by atoms with E-state index in [-0.39, 0.29) is 23.6 Å². The molecule has 0 aliphatic carbocycles. The van der Waals surface area contributed by atoms with Gasteiger partial charge in [0.15, 0.2) is 5.75 Å². The molecule has 0 bridgehead atoms. The first-order valence-corrected chi connectivity index (χ1v) is 10.0. The van der Waals surface area contributed by atoms with Crippen LogP contribution >= 0.6 is 0 Å². The molecule has 0 saturated heterocycles. The summed E-state index contributed by atoms with van der Waals surface area (Å²) in [5, 5.41) is 3.36. The maximum atomic E-state index is 13.4. The summed E-state index contributed by atoms with van der Waals surface area (Å²) < 4.78 is 49.5. The van der Waals surface area contributed by atoms with Crippen LogP contribution in [0.2, 0.25) is 0 Å². The Hall–Kier alpha value is -4.01. The molecule has 4 rings (SSSR count). The topological polar surface area (TPSA) is 65.4 Å². The van der Waals surface area contributed by atoms with E-state index in [1.165, 1.54) is 18.2 Å². The minimum Gasteiger partial charge on any atom is -0.497 e. The summed E-state index contributed by atoms with van der Waals surface area (Å²) in [6.07, 6.45) is -4.92. The van der Waals surface area contributed by atoms with Crippen molar-refractivity contribution in [1.29, 1.82) is 0 Å². The Labute approximate surface area is 187 Å². The highest BCUT2D eigenvalue weighted by Gasteiger charge is 2.32. The van der Waals surface area contributed by atoms with E-state index in [1.807, 2.05) is 25.1 Å². The van der Waals surface area contributed by atoms with Crippen LogP contribution in [0.4, 0.5) is 19.1 Å². The maximum absolute atomic E-state index is 13.4. The van der Waals surface area contributed by atoms with Gasteiger partial charge in [0, 0.05) is 6.54 Å². The van der Waals surface area contributed by atoms with Crippen LogP contribution in [0.3, 0.4) is 0 Å². The molecule has 0 amide bonds. The van der Waals surface area contributed by atoms with E-state index in [1.54, 1.807) is 31.4 Å². The van der Waals surface area contributed by atoms with Crippen LogP contribution in [0.5, 0.6) is 11.5 Å². The minimum absolute atomic E-state index is 0.0760. The van der Waals surface area contributed by atoms with E-state index >= 15 is 0 Å². The summed E-state index contributed by atoms with van der Waals surface area (Å²) in [5.74, 6) is 0.270. The molecule has 1 aromatic heterocycles. The molecule has 33 heavy (non-hydrogen) atoms. The standard InChI is InChI=1S/C24H20F3N3O3/c1-15-7-12-19-18(13-15)22(31)30(20-5-3-4-6-21(20)33-24(25,26)27)23(29-19)28-14-16-8-10-17(32-2)11-9-16/h3-13H,14H2,1-2H3,(H,28,29). The zero-order valence-corrected chi connectivity index (χ0v) is 17.8. The van der Waals surface area contributed by atoms with Crippen LogP contribution in [0.15, 0.2) is 71.5 Å². The van der Waals surface area contributed by atoms with Crippen molar-refractivity contribution >= 4 is 16.9 Å². The van der Waals surface area contributed by atoms with Crippen LogP contribution in [0.1, 0.15) is 11.1 Å². The van der Waals surface area contributed by atoms with E-state index < -0.39 is 17.7 Å². The summed E-state index contributed by atoms with van der Waals surface area (Å²) in [6.45, 7) is 2.09. The highest BCUT2D eigenvalue weighted by molar-refractivity contribution is 5.80. The normalized spacial score (nSPS) is 11.4. The first-order valence-electron chi connectivity index (χ1n) is 10.0. The van der Waals surface area contributed by atoms with Gasteiger partial charge in [-0.05, 0) is 48.9 Å². The first kappa shape index (κ1) is 22.2. The zero-order chi connectivity index (χ0) is 23.6. The number of nitrogens with one attached hydrogen (secondary N) is 1. The molecule has 1 heterocycles. The maximum Gasteiger partial charge on any atom is 0.573 e. The number of methoxy groups -OCH3 is 1. The first-order chi connectivity index (χ1) is 15.7. The molecule has 0 spiro atoms. The average molecular weight is 455 g/mol. The number of anilines is 1. The lowest BCUT2D eigenvalue weighted by atomic mass is 10.1. The van der Waals surface area contributed by atoms with Crippen LogP contribution in [-0.2, 0) is 6.54 Å². The van der Waals surface area contributed by atoms with E-state index in [4.69, 9.17) is 4.74 Å². The quantitative estimate of drug-likeness (QED) is 0.432. The number of ether oxygens (including phenoxy) is 2. The van der Waals surface area contributed by atoms with Crippen molar-refractivity contribution < 1.29 is 22.6 Å². The van der Waals surface area contributed by atoms with Crippen molar-refractivity contribution in [2.45, 2.75) is 19.8 Å². The van der Waals surface area contributed by atoms with Gasteiger partial charge < -0.3 is 14.8 Å². The van der Waals surface area contributed by atoms with Crippen LogP contribution in [0, 0.1) is 6.92 Å². The third-order valence-electron chi connectivity index (χ3n) is 4.97. The highest BCUT2D eigenvalue weighted by atomic mass is 19.4. The second-order valence-electron chi connectivity index (χ2n) is 7.31. The number of halogens is 3. The van der Waals surface area contributed by atoms with E-state index in [0.717, 1.165) is 21.8 Å². The fraction of sp³-hybridized carbons (Fsp3) is 0.167. The lowest BCUT2D eigenvalue weighted by Gasteiger charge is -2.18. The van der Waals surface area contributed by atoms with Gasteiger partial charge in [-0.1, -0.05) is 35.9 Å². The number of aryl methyl sites for hydroxylation is 1. The third-order valence-corrected chi connectivity index (χ3v) is 4.97. The molecule has 0 aliphatic heterocycles. The molecule has 0 unspecified atom stereocenters. The fourth-order valence-electron chi connectivity index (χ4n) is 3.42. The lowest BCUT2D eigenvalue weighted by Crippen LogP contribution is -2.26. The number of alkyl halides is 3. The van der Waals surface area contributed by atoms with E-state index in [9.17, 15) is 18.0 Å². The van der Waals surface area contributed by atoms with Gasteiger partial charge >= 0.3 is 6.36 Å². The number of hydrogen-bond acceptors (Lipinski definition) is 5. The molecule has 9 heteroatoms. The Morgan fingerprint density at radius 1 is 1.03 bits per heavy atom. The van der Waals surface area contributed by atoms with Gasteiger partial charge in [0.1, 0.15) is 5.75 Å². The van der Waals surface area contributed by atoms with Crippen molar-refractivity contribution in [3.8, 4) is 17.2 Å². The third kappa shape index (κ3) is 4.92. The molecule has 0 fully saturated rings. The SMILES string of the molecule is COc1ccc(CNc2nc3ccc(C)cc3c(=O)n2-c2ccccc2OC(F)(F)F)cc1. The summed E-state index contributed by atoms with van der Waals surface area (Å²) >= 11 is 0. The van der Waals surface area contributed by atoms with Gasteiger partial charge in [-0.2, -0.15) is 0 Å². The molecular weight excluding hydrogens is 435 g/mol. The summed E-state index contributed by atoms with van der Waals surface area (Å²) in [5.41, 5.74) is 1.52. The molecule has 170 valence electrons. The van der Waals surface area contributed by atoms with Crippen molar-refractivity contribution in [2.75, 3.05) is 12.4 Å². The molecule has 0 saturated carbocycles. The average Bonchev–Trinajstić information content (AvgIpc) is 2.78. The number of benzene rings is 3. The van der Waals surface area contributed by atoms with Gasteiger partial charge in [0.2, 0.25) is 5.95 Å². The number of para-hydroxylation sites is 2. The number of nitrogens with zero attached hydrogens (tertiary/aromatic N) is 2. The molecular formula is C24H20F3N3O3. The summed E-state index contributed by atoms with van der Waals surface area (Å²) in [4.78, 5) is 18.0. The van der Waals surface area contributed by atoms with Crippen molar-refractivity contribution in [3.05, 3.63) is 88.2 Å². The predicted molar refractivity (Wildman–Crippen MR) is 119 cm³/mol. The Bertz CT molecular complexity index is 1350. The van der Waals surface area contributed by atoms with Gasteiger partial charge in [-0.25, -0.2) is 9.55 Å². The fourth-order valence-corrected chi connectivity index (χ4v) is 3.42. The van der Waals surface area contributed by atoms with Crippen molar-refractivity contribution in [1.82, 2.24) is 9.55 Å². The summed E-state index contributed by atoms with van der Waals surface area (Å²) in [6, 6.07) is 17.9. The highest BCUT2D eigenvalue weighted by Crippen LogP contribution is 2.30. The van der Waals surface area contributed by atoms with Gasteiger partial charge in [0.05, 0.1) is 23.7 Å². The van der Waals surface area contributed by atoms with Crippen LogP contribution in [-0.4, -0.2) is 23.0 Å². The van der Waals surface area contributed by atoms with Crippen LogP contribution in [0.25, 0.3) is 16.6 Å². The molecule has 0 radical (unpaired) electrons. The monoisotopic (exact) mass is 455 g/mol. The van der Waals surface area contributed by atoms with E-state index in [0.29, 0.717) is 11.3 Å². The number of rotatable bonds is 6. The molecule has 1 N–H and O–H groups in total. The second-order valence-corrected chi connectivity index (χ2v) is 7.31. The predicted octanol–water partition coefficient (Wildman–Crippen LogP) is 5.21.